The lowest BCUT2D eigenvalue weighted by Gasteiger charge is -2.31. The average molecular weight is 647 g/mol. The molecule has 2 atom stereocenters. The molecule has 2 aliphatic heterocycles. The Balaban J connectivity index is 1.25. The van der Waals surface area contributed by atoms with Crippen LogP contribution in [-0.2, 0) is 27.2 Å². The van der Waals surface area contributed by atoms with Crippen molar-refractivity contribution >= 4 is 15.8 Å². The van der Waals surface area contributed by atoms with Gasteiger partial charge in [-0.25, -0.2) is 8.42 Å². The number of hydrogen-bond acceptors (Lipinski definition) is 7. The van der Waals surface area contributed by atoms with Gasteiger partial charge in [0.15, 0.2) is 9.84 Å². The molecule has 2 unspecified atom stereocenters. The number of rotatable bonds is 8. The summed E-state index contributed by atoms with van der Waals surface area (Å²) in [5.74, 6) is -0.0472. The van der Waals surface area contributed by atoms with Gasteiger partial charge in [0.05, 0.1) is 30.1 Å². The first-order valence-electron chi connectivity index (χ1n) is 14.8. The maximum absolute atomic E-state index is 14.1. The van der Waals surface area contributed by atoms with Crippen LogP contribution in [0.15, 0.2) is 48.5 Å². The third-order valence-electron chi connectivity index (χ3n) is 8.93. The Kier molecular flexibility index (Phi) is 8.01. The van der Waals surface area contributed by atoms with E-state index in [9.17, 15) is 31.5 Å². The zero-order chi connectivity index (χ0) is 32.1. The molecule has 1 aliphatic carbocycles. The van der Waals surface area contributed by atoms with Gasteiger partial charge in [-0.3, -0.25) is 4.79 Å². The number of aliphatic hydroxyl groups is 1. The molecule has 45 heavy (non-hydrogen) atoms. The summed E-state index contributed by atoms with van der Waals surface area (Å²) in [6, 6.07) is 12.5. The van der Waals surface area contributed by atoms with E-state index >= 15 is 0 Å². The van der Waals surface area contributed by atoms with Crippen LogP contribution in [0.25, 0.3) is 11.1 Å². The summed E-state index contributed by atoms with van der Waals surface area (Å²) in [7, 11) is -3.16. The third kappa shape index (κ3) is 6.62. The van der Waals surface area contributed by atoms with E-state index < -0.39 is 39.3 Å². The minimum Gasteiger partial charge on any atom is -0.492 e. The summed E-state index contributed by atoms with van der Waals surface area (Å²) in [6.07, 6.45) is -4.14. The highest BCUT2D eigenvalue weighted by Crippen LogP contribution is 2.46. The van der Waals surface area contributed by atoms with Crippen molar-refractivity contribution in [3.8, 4) is 28.4 Å². The summed E-state index contributed by atoms with van der Waals surface area (Å²) in [5.41, 5.74) is 1.70. The molecule has 0 amide bonds. The van der Waals surface area contributed by atoms with Crippen molar-refractivity contribution in [2.45, 2.75) is 62.8 Å². The van der Waals surface area contributed by atoms with Gasteiger partial charge in [-0.05, 0) is 90.8 Å². The monoisotopic (exact) mass is 646 g/mol. The number of ether oxygens (including phenoxy) is 3. The summed E-state index contributed by atoms with van der Waals surface area (Å²) < 4.78 is 83.6. The Labute approximate surface area is 258 Å². The molecule has 2 heterocycles. The highest BCUT2D eigenvalue weighted by atomic mass is 32.2. The number of aliphatic carboxylic acids is 1. The molecule has 6 rings (SSSR count). The highest BCUT2D eigenvalue weighted by molar-refractivity contribution is 7.91. The fraction of sp³-hybridized carbons (Fsp3) is 0.424. The molecule has 0 spiro atoms. The van der Waals surface area contributed by atoms with E-state index in [1.807, 2.05) is 0 Å². The van der Waals surface area contributed by atoms with E-state index in [0.29, 0.717) is 52.3 Å². The van der Waals surface area contributed by atoms with E-state index in [-0.39, 0.29) is 49.9 Å². The van der Waals surface area contributed by atoms with Gasteiger partial charge < -0.3 is 24.4 Å². The molecular formula is C33H33F3O8S. The van der Waals surface area contributed by atoms with Crippen LogP contribution in [0.2, 0.25) is 0 Å². The Hall–Kier alpha value is -3.77. The SMILES string of the molecule is Cc1cc(OCC2(O)CCS(=O)(=O)CC2)ccc1-c1cc(C(F)(F)F)cc2c1CCC2Oc1ccc2c(c1)OCC2CC(=O)O. The summed E-state index contributed by atoms with van der Waals surface area (Å²) in [6.45, 7) is 1.93. The second kappa shape index (κ2) is 11.5. The normalized spacial score (nSPS) is 21.4. The van der Waals surface area contributed by atoms with Crippen LogP contribution in [0.3, 0.4) is 0 Å². The number of benzene rings is 3. The predicted molar refractivity (Wildman–Crippen MR) is 159 cm³/mol. The van der Waals surface area contributed by atoms with Crippen molar-refractivity contribution in [2.75, 3.05) is 24.7 Å². The summed E-state index contributed by atoms with van der Waals surface area (Å²) in [4.78, 5) is 11.2. The van der Waals surface area contributed by atoms with Gasteiger partial charge in [0.25, 0.3) is 0 Å². The van der Waals surface area contributed by atoms with E-state index in [4.69, 9.17) is 19.3 Å². The largest absolute Gasteiger partial charge is 0.492 e. The Morgan fingerprint density at radius 2 is 1.76 bits per heavy atom. The van der Waals surface area contributed by atoms with Crippen LogP contribution in [0.5, 0.6) is 17.2 Å². The van der Waals surface area contributed by atoms with Crippen LogP contribution in [-0.4, -0.2) is 54.9 Å². The minimum absolute atomic E-state index is 0.0621. The van der Waals surface area contributed by atoms with Gasteiger partial charge >= 0.3 is 12.1 Å². The molecule has 0 radical (unpaired) electrons. The Morgan fingerprint density at radius 1 is 1.02 bits per heavy atom. The van der Waals surface area contributed by atoms with Gasteiger partial charge in [0, 0.05) is 17.5 Å². The molecule has 3 aliphatic rings. The van der Waals surface area contributed by atoms with E-state index in [0.717, 1.165) is 17.2 Å². The van der Waals surface area contributed by atoms with Crippen LogP contribution < -0.4 is 14.2 Å². The van der Waals surface area contributed by atoms with Crippen LogP contribution in [0, 0.1) is 6.92 Å². The molecule has 8 nitrogen and oxygen atoms in total. The number of carboxylic acids is 1. The number of fused-ring (bicyclic) bond motifs is 2. The summed E-state index contributed by atoms with van der Waals surface area (Å²) in [5, 5.41) is 19.9. The number of carboxylic acid groups (broad SMARTS) is 1. The van der Waals surface area contributed by atoms with Crippen molar-refractivity contribution in [3.05, 3.63) is 76.3 Å². The number of aryl methyl sites for hydroxylation is 1. The van der Waals surface area contributed by atoms with Crippen molar-refractivity contribution in [3.63, 3.8) is 0 Å². The number of carbonyl (C=O) groups is 1. The first kappa shape index (κ1) is 31.2. The fourth-order valence-electron chi connectivity index (χ4n) is 6.40. The smallest absolute Gasteiger partial charge is 0.416 e. The molecule has 1 saturated heterocycles. The lowest BCUT2D eigenvalue weighted by atomic mass is 9.91. The first-order chi connectivity index (χ1) is 21.2. The number of halogens is 3. The third-order valence-corrected chi connectivity index (χ3v) is 10.6. The molecule has 12 heteroatoms. The highest BCUT2D eigenvalue weighted by Gasteiger charge is 2.38. The lowest BCUT2D eigenvalue weighted by molar-refractivity contribution is -0.138. The van der Waals surface area contributed by atoms with Crippen LogP contribution >= 0.6 is 0 Å². The second-order valence-corrected chi connectivity index (χ2v) is 14.5. The maximum atomic E-state index is 14.1. The van der Waals surface area contributed by atoms with Gasteiger partial charge in [0.1, 0.15) is 35.6 Å². The number of sulfone groups is 1. The quantitative estimate of drug-likeness (QED) is 0.305. The lowest BCUT2D eigenvalue weighted by Crippen LogP contribution is -2.43. The fourth-order valence-corrected chi connectivity index (χ4v) is 7.99. The molecule has 240 valence electrons. The van der Waals surface area contributed by atoms with E-state index in [1.54, 1.807) is 43.3 Å². The topological polar surface area (TPSA) is 119 Å². The first-order valence-corrected chi connectivity index (χ1v) is 16.6. The molecule has 0 saturated carbocycles. The minimum atomic E-state index is -4.59. The van der Waals surface area contributed by atoms with Gasteiger partial charge in [0.2, 0.25) is 0 Å². The molecule has 2 N–H and O–H groups in total. The van der Waals surface area contributed by atoms with Gasteiger partial charge in [-0.15, -0.1) is 0 Å². The van der Waals surface area contributed by atoms with E-state index in [1.165, 1.54) is 6.07 Å². The predicted octanol–water partition coefficient (Wildman–Crippen LogP) is 6.02. The molecule has 0 aromatic heterocycles. The number of hydrogen-bond donors (Lipinski definition) is 2. The molecule has 3 aromatic rings. The zero-order valence-corrected chi connectivity index (χ0v) is 25.3. The maximum Gasteiger partial charge on any atom is 0.416 e. The zero-order valence-electron chi connectivity index (χ0n) is 24.5. The van der Waals surface area contributed by atoms with Crippen LogP contribution in [0.1, 0.15) is 65.5 Å². The molecular weight excluding hydrogens is 613 g/mol. The Bertz CT molecular complexity index is 1740. The van der Waals surface area contributed by atoms with E-state index in [2.05, 4.69) is 0 Å². The van der Waals surface area contributed by atoms with Crippen molar-refractivity contribution < 1.29 is 50.8 Å². The molecule has 3 aromatic carbocycles. The van der Waals surface area contributed by atoms with Crippen molar-refractivity contribution in [2.24, 2.45) is 0 Å². The van der Waals surface area contributed by atoms with Gasteiger partial charge in [-0.1, -0.05) is 12.1 Å². The molecule has 0 bridgehead atoms. The average Bonchev–Trinajstić information content (AvgIpc) is 3.56. The van der Waals surface area contributed by atoms with Gasteiger partial charge in [-0.2, -0.15) is 13.2 Å². The van der Waals surface area contributed by atoms with Crippen molar-refractivity contribution in [1.82, 2.24) is 0 Å². The Morgan fingerprint density at radius 3 is 2.44 bits per heavy atom. The second-order valence-electron chi connectivity index (χ2n) is 12.2. The number of alkyl halides is 3. The molecule has 1 fully saturated rings. The van der Waals surface area contributed by atoms with Crippen molar-refractivity contribution in [1.29, 1.82) is 0 Å². The summed E-state index contributed by atoms with van der Waals surface area (Å²) >= 11 is 0. The van der Waals surface area contributed by atoms with Crippen LogP contribution in [0.4, 0.5) is 13.2 Å². The standard InChI is InChI=1S/C33H33F3O8S/c1-19-12-22(43-18-32(39)8-10-45(40,41)11-9-32)2-4-24(19)27-14-21(33(34,35)36)15-28-26(27)6-7-29(28)44-23-3-5-25-20(13-31(37)38)17-42-30(25)16-23/h2-5,12,14-16,20,29,39H,6-11,13,17-18H2,1H3,(H,37,38).